The van der Waals surface area contributed by atoms with Gasteiger partial charge in [0.2, 0.25) is 0 Å². The Morgan fingerprint density at radius 3 is 2.74 bits per heavy atom. The maximum atomic E-state index is 12.1. The van der Waals surface area contributed by atoms with Gasteiger partial charge in [0, 0.05) is 0 Å². The fourth-order valence-corrected chi connectivity index (χ4v) is 1.74. The van der Waals surface area contributed by atoms with Crippen LogP contribution < -0.4 is 16.6 Å². The van der Waals surface area contributed by atoms with E-state index in [1.807, 2.05) is 13.0 Å². The Bertz CT molecular complexity index is 600. The first-order chi connectivity index (χ1) is 9.10. The molecule has 1 aromatic heterocycles. The maximum absolute atomic E-state index is 12.1. The lowest BCUT2D eigenvalue weighted by molar-refractivity contribution is 0.102. The van der Waals surface area contributed by atoms with E-state index in [4.69, 9.17) is 5.84 Å². The molecule has 0 aliphatic heterocycles. The molecule has 4 N–H and O–H groups in total. The molecule has 0 unspecified atom stereocenters. The number of nitrogens with one attached hydrogen (secondary N) is 2. The summed E-state index contributed by atoms with van der Waals surface area (Å²) in [6.07, 6.45) is 2.97. The molecule has 0 aliphatic carbocycles. The summed E-state index contributed by atoms with van der Waals surface area (Å²) in [5.74, 6) is 5.48. The molecular formula is C12H12BrN5O. The van der Waals surface area contributed by atoms with Crippen molar-refractivity contribution in [1.82, 2.24) is 9.97 Å². The SMILES string of the molecule is Cc1ccc(C(=O)Nc2cnc(Br)cn2)c(NN)c1. The number of benzene rings is 1. The van der Waals surface area contributed by atoms with Gasteiger partial charge >= 0.3 is 0 Å². The molecule has 6 nitrogen and oxygen atoms in total. The van der Waals surface area contributed by atoms with Crippen molar-refractivity contribution in [2.24, 2.45) is 5.84 Å². The van der Waals surface area contributed by atoms with Gasteiger partial charge in [0.05, 0.1) is 23.6 Å². The van der Waals surface area contributed by atoms with Crippen LogP contribution >= 0.6 is 15.9 Å². The number of hydrazine groups is 1. The second-order valence-corrected chi connectivity index (χ2v) is 4.68. The highest BCUT2D eigenvalue weighted by molar-refractivity contribution is 9.10. The van der Waals surface area contributed by atoms with Crippen molar-refractivity contribution < 1.29 is 4.79 Å². The van der Waals surface area contributed by atoms with Gasteiger partial charge in [0.25, 0.3) is 5.91 Å². The summed E-state index contributed by atoms with van der Waals surface area (Å²) >= 11 is 3.17. The monoisotopic (exact) mass is 321 g/mol. The predicted molar refractivity (Wildman–Crippen MR) is 76.7 cm³/mol. The van der Waals surface area contributed by atoms with Crippen molar-refractivity contribution in [2.45, 2.75) is 6.92 Å². The van der Waals surface area contributed by atoms with Crippen molar-refractivity contribution in [2.75, 3.05) is 10.7 Å². The third-order valence-corrected chi connectivity index (χ3v) is 2.85. The Hall–Kier alpha value is -1.99. The van der Waals surface area contributed by atoms with Crippen LogP contribution in [0.15, 0.2) is 35.2 Å². The van der Waals surface area contributed by atoms with Crippen LogP contribution in [0.4, 0.5) is 11.5 Å². The number of amides is 1. The molecule has 1 aromatic carbocycles. The van der Waals surface area contributed by atoms with Gasteiger partial charge in [-0.3, -0.25) is 10.6 Å². The zero-order chi connectivity index (χ0) is 13.8. The summed E-state index contributed by atoms with van der Waals surface area (Å²) in [7, 11) is 0. The minimum atomic E-state index is -0.301. The van der Waals surface area contributed by atoms with Crippen LogP contribution in [0.5, 0.6) is 0 Å². The van der Waals surface area contributed by atoms with Crippen molar-refractivity contribution in [3.8, 4) is 0 Å². The Morgan fingerprint density at radius 1 is 1.32 bits per heavy atom. The lowest BCUT2D eigenvalue weighted by Gasteiger charge is -2.09. The zero-order valence-corrected chi connectivity index (χ0v) is 11.7. The predicted octanol–water partition coefficient (Wildman–Crippen LogP) is 2.09. The van der Waals surface area contributed by atoms with Crippen LogP contribution in [0, 0.1) is 6.92 Å². The Morgan fingerprint density at radius 2 is 2.11 bits per heavy atom. The van der Waals surface area contributed by atoms with Crippen molar-refractivity contribution in [3.63, 3.8) is 0 Å². The summed E-state index contributed by atoms with van der Waals surface area (Å²) in [6.45, 7) is 1.92. The van der Waals surface area contributed by atoms with Gasteiger partial charge in [-0.05, 0) is 40.5 Å². The van der Waals surface area contributed by atoms with Crippen LogP contribution in [-0.4, -0.2) is 15.9 Å². The van der Waals surface area contributed by atoms with Crippen molar-refractivity contribution in [3.05, 3.63) is 46.3 Å². The quantitative estimate of drug-likeness (QED) is 0.594. The van der Waals surface area contributed by atoms with Crippen LogP contribution in [-0.2, 0) is 0 Å². The highest BCUT2D eigenvalue weighted by Crippen LogP contribution is 2.18. The molecule has 2 rings (SSSR count). The molecule has 98 valence electrons. The number of hydrogen-bond donors (Lipinski definition) is 3. The molecule has 1 amide bonds. The van der Waals surface area contributed by atoms with Crippen molar-refractivity contribution in [1.29, 1.82) is 0 Å². The normalized spacial score (nSPS) is 10.1. The van der Waals surface area contributed by atoms with E-state index < -0.39 is 0 Å². The van der Waals surface area contributed by atoms with E-state index >= 15 is 0 Å². The van der Waals surface area contributed by atoms with E-state index in [1.54, 1.807) is 12.1 Å². The Labute approximate surface area is 118 Å². The lowest BCUT2D eigenvalue weighted by Crippen LogP contribution is -2.18. The average Bonchev–Trinajstić information content (AvgIpc) is 2.41. The molecule has 0 radical (unpaired) electrons. The molecule has 1 heterocycles. The van der Waals surface area contributed by atoms with Crippen LogP contribution in [0.25, 0.3) is 0 Å². The highest BCUT2D eigenvalue weighted by Gasteiger charge is 2.11. The lowest BCUT2D eigenvalue weighted by atomic mass is 10.1. The van der Waals surface area contributed by atoms with E-state index in [0.29, 0.717) is 21.7 Å². The largest absolute Gasteiger partial charge is 0.323 e. The number of aryl methyl sites for hydroxylation is 1. The van der Waals surface area contributed by atoms with E-state index in [-0.39, 0.29) is 5.91 Å². The summed E-state index contributed by atoms with van der Waals surface area (Å²) in [5.41, 5.74) is 4.52. The topological polar surface area (TPSA) is 92.9 Å². The number of nitrogens with zero attached hydrogens (tertiary/aromatic N) is 2. The summed E-state index contributed by atoms with van der Waals surface area (Å²) in [5, 5.41) is 2.65. The van der Waals surface area contributed by atoms with Gasteiger partial charge in [0.1, 0.15) is 4.60 Å². The van der Waals surface area contributed by atoms with Crippen molar-refractivity contribution >= 4 is 33.3 Å². The first kappa shape index (κ1) is 13.4. The van der Waals surface area contributed by atoms with E-state index in [0.717, 1.165) is 5.56 Å². The Balaban J connectivity index is 2.22. The first-order valence-corrected chi connectivity index (χ1v) is 6.25. The highest BCUT2D eigenvalue weighted by atomic mass is 79.9. The number of aromatic nitrogens is 2. The molecule has 0 bridgehead atoms. The number of hydrogen-bond acceptors (Lipinski definition) is 5. The molecule has 0 saturated heterocycles. The van der Waals surface area contributed by atoms with Gasteiger partial charge in [-0.25, -0.2) is 9.97 Å². The molecular weight excluding hydrogens is 310 g/mol. The fraction of sp³-hybridized carbons (Fsp3) is 0.0833. The molecule has 0 saturated carbocycles. The number of rotatable bonds is 3. The molecule has 2 aromatic rings. The first-order valence-electron chi connectivity index (χ1n) is 5.46. The molecule has 0 atom stereocenters. The summed E-state index contributed by atoms with van der Waals surface area (Å²) < 4.78 is 0.602. The molecule has 0 aliphatic rings. The number of carbonyl (C=O) groups excluding carboxylic acids is 1. The van der Waals surface area contributed by atoms with Gasteiger partial charge in [-0.2, -0.15) is 0 Å². The summed E-state index contributed by atoms with van der Waals surface area (Å²) in [6, 6.07) is 5.33. The minimum Gasteiger partial charge on any atom is -0.323 e. The van der Waals surface area contributed by atoms with E-state index in [2.05, 4.69) is 36.6 Å². The smallest absolute Gasteiger partial charge is 0.259 e. The minimum absolute atomic E-state index is 0.301. The van der Waals surface area contributed by atoms with Gasteiger partial charge < -0.3 is 10.7 Å². The zero-order valence-electron chi connectivity index (χ0n) is 10.1. The van der Waals surface area contributed by atoms with E-state index in [1.165, 1.54) is 12.4 Å². The van der Waals surface area contributed by atoms with Crippen LogP contribution in [0.3, 0.4) is 0 Å². The van der Waals surface area contributed by atoms with Gasteiger partial charge in [0.15, 0.2) is 5.82 Å². The van der Waals surface area contributed by atoms with E-state index in [9.17, 15) is 4.79 Å². The fourth-order valence-electron chi connectivity index (χ4n) is 1.54. The molecule has 0 fully saturated rings. The number of anilines is 2. The number of nitrogen functional groups attached to an aromatic ring is 1. The number of carbonyl (C=O) groups is 1. The van der Waals surface area contributed by atoms with Gasteiger partial charge in [-0.1, -0.05) is 6.07 Å². The van der Waals surface area contributed by atoms with Crippen LogP contribution in [0.2, 0.25) is 0 Å². The third kappa shape index (κ3) is 3.27. The van der Waals surface area contributed by atoms with Crippen LogP contribution in [0.1, 0.15) is 15.9 Å². The second kappa shape index (κ2) is 5.77. The Kier molecular flexibility index (Phi) is 4.08. The summed E-state index contributed by atoms with van der Waals surface area (Å²) in [4.78, 5) is 20.1. The second-order valence-electron chi connectivity index (χ2n) is 3.87. The van der Waals surface area contributed by atoms with Gasteiger partial charge in [-0.15, -0.1) is 0 Å². The number of nitrogens with two attached hydrogens (primary N) is 1. The average molecular weight is 322 g/mol. The maximum Gasteiger partial charge on any atom is 0.259 e. The molecule has 0 spiro atoms. The standard InChI is InChI=1S/C12H12BrN5O/c1-7-2-3-8(9(4-7)18-14)12(19)17-11-6-15-10(13)5-16-11/h2-6,18H,14H2,1H3,(H,16,17,19). The number of halogens is 1. The molecule has 19 heavy (non-hydrogen) atoms. The molecule has 7 heteroatoms. The third-order valence-electron chi connectivity index (χ3n) is 2.44.